The molecular formula is C14H16N4O2S. The summed E-state index contributed by atoms with van der Waals surface area (Å²) >= 11 is 1.46. The van der Waals surface area contributed by atoms with E-state index in [1.807, 2.05) is 13.8 Å². The largest absolute Gasteiger partial charge is 0.385 e. The van der Waals surface area contributed by atoms with Crippen LogP contribution in [0.1, 0.15) is 18.1 Å². The number of nitro groups is 1. The molecule has 0 radical (unpaired) electrons. The fourth-order valence-corrected chi connectivity index (χ4v) is 2.55. The van der Waals surface area contributed by atoms with Gasteiger partial charge in [0.2, 0.25) is 0 Å². The molecule has 0 fully saturated rings. The topological polar surface area (TPSA) is 81.0 Å². The van der Waals surface area contributed by atoms with Crippen molar-refractivity contribution in [2.45, 2.75) is 24.8 Å². The Labute approximate surface area is 127 Å². The van der Waals surface area contributed by atoms with Crippen LogP contribution in [0.25, 0.3) is 0 Å². The smallest absolute Gasteiger partial charge is 0.269 e. The first-order valence-electron chi connectivity index (χ1n) is 6.52. The summed E-state index contributed by atoms with van der Waals surface area (Å²) in [6, 6.07) is 4.85. The van der Waals surface area contributed by atoms with E-state index in [4.69, 9.17) is 0 Å². The van der Waals surface area contributed by atoms with Gasteiger partial charge in [0.25, 0.3) is 5.69 Å². The van der Waals surface area contributed by atoms with Gasteiger partial charge in [0, 0.05) is 42.5 Å². The van der Waals surface area contributed by atoms with Crippen LogP contribution in [0, 0.1) is 17.0 Å². The number of non-ortho nitro benzene ring substituents is 1. The molecule has 1 aromatic heterocycles. The number of hydrogen-bond donors (Lipinski definition) is 1. The minimum atomic E-state index is -0.383. The van der Waals surface area contributed by atoms with Crippen molar-refractivity contribution in [2.24, 2.45) is 0 Å². The molecule has 1 N–H and O–H groups in total. The molecule has 0 aliphatic heterocycles. The Hall–Kier alpha value is -2.15. The molecule has 110 valence electrons. The van der Waals surface area contributed by atoms with E-state index in [1.54, 1.807) is 24.5 Å². The molecule has 0 saturated heterocycles. The third-order valence-corrected chi connectivity index (χ3v) is 3.71. The second kappa shape index (κ2) is 7.03. The van der Waals surface area contributed by atoms with Gasteiger partial charge in [-0.3, -0.25) is 10.1 Å². The molecule has 7 heteroatoms. The van der Waals surface area contributed by atoms with E-state index < -0.39 is 0 Å². The summed E-state index contributed by atoms with van der Waals surface area (Å²) < 4.78 is 0. The second-order valence-electron chi connectivity index (χ2n) is 4.46. The maximum atomic E-state index is 10.9. The maximum Gasteiger partial charge on any atom is 0.269 e. The van der Waals surface area contributed by atoms with Crippen molar-refractivity contribution < 1.29 is 4.92 Å². The van der Waals surface area contributed by atoms with Gasteiger partial charge in [-0.05, 0) is 31.0 Å². The summed E-state index contributed by atoms with van der Waals surface area (Å²) in [6.07, 6.45) is 3.52. The van der Waals surface area contributed by atoms with Crippen LogP contribution in [0.15, 0.2) is 35.7 Å². The van der Waals surface area contributed by atoms with Crippen molar-refractivity contribution >= 4 is 23.1 Å². The van der Waals surface area contributed by atoms with Crippen LogP contribution in [0.4, 0.5) is 11.4 Å². The minimum Gasteiger partial charge on any atom is -0.385 e. The van der Waals surface area contributed by atoms with Gasteiger partial charge in [0.15, 0.2) is 5.16 Å². The Bertz CT molecular complexity index is 631. The number of aromatic nitrogens is 2. The third-order valence-electron chi connectivity index (χ3n) is 2.78. The Morgan fingerprint density at radius 2 is 2.05 bits per heavy atom. The van der Waals surface area contributed by atoms with Gasteiger partial charge in [0.1, 0.15) is 0 Å². The Morgan fingerprint density at radius 1 is 1.33 bits per heavy atom. The number of nitrogens with one attached hydrogen (secondary N) is 1. The molecule has 0 unspecified atom stereocenters. The van der Waals surface area contributed by atoms with E-state index >= 15 is 0 Å². The molecule has 0 amide bonds. The van der Waals surface area contributed by atoms with Crippen molar-refractivity contribution in [3.8, 4) is 0 Å². The first kappa shape index (κ1) is 15.2. The lowest BCUT2D eigenvalue weighted by Gasteiger charge is -2.10. The number of rotatable bonds is 6. The molecule has 21 heavy (non-hydrogen) atoms. The molecule has 1 heterocycles. The Kier molecular flexibility index (Phi) is 5.10. The molecular weight excluding hydrogens is 288 g/mol. The van der Waals surface area contributed by atoms with Crippen LogP contribution in [0.3, 0.4) is 0 Å². The van der Waals surface area contributed by atoms with Crippen molar-refractivity contribution in [3.63, 3.8) is 0 Å². The van der Waals surface area contributed by atoms with E-state index in [0.29, 0.717) is 10.9 Å². The average Bonchev–Trinajstić information content (AvgIpc) is 2.48. The first-order chi connectivity index (χ1) is 10.1. The second-order valence-corrected chi connectivity index (χ2v) is 5.40. The van der Waals surface area contributed by atoms with Gasteiger partial charge >= 0.3 is 0 Å². The zero-order valence-electron chi connectivity index (χ0n) is 11.9. The fraction of sp³-hybridized carbons (Fsp3) is 0.286. The lowest BCUT2D eigenvalue weighted by molar-refractivity contribution is -0.384. The highest BCUT2D eigenvalue weighted by Gasteiger charge is 2.11. The van der Waals surface area contributed by atoms with Crippen LogP contribution < -0.4 is 5.32 Å². The quantitative estimate of drug-likeness (QED) is 0.381. The number of anilines is 1. The molecule has 0 aliphatic rings. The van der Waals surface area contributed by atoms with Crippen LogP contribution in [-0.2, 0) is 5.75 Å². The third kappa shape index (κ3) is 4.16. The zero-order chi connectivity index (χ0) is 15.2. The van der Waals surface area contributed by atoms with Gasteiger partial charge < -0.3 is 5.32 Å². The number of thioether (sulfide) groups is 1. The van der Waals surface area contributed by atoms with Gasteiger partial charge in [-0.25, -0.2) is 9.97 Å². The summed E-state index contributed by atoms with van der Waals surface area (Å²) in [5.74, 6) is 0.576. The molecule has 0 aliphatic carbocycles. The maximum absolute atomic E-state index is 10.9. The van der Waals surface area contributed by atoms with E-state index in [9.17, 15) is 10.1 Å². The summed E-state index contributed by atoms with van der Waals surface area (Å²) in [7, 11) is 0. The highest BCUT2D eigenvalue weighted by Crippen LogP contribution is 2.28. The van der Waals surface area contributed by atoms with Crippen molar-refractivity contribution in [3.05, 3.63) is 51.8 Å². The van der Waals surface area contributed by atoms with E-state index in [-0.39, 0.29) is 10.6 Å². The molecule has 0 atom stereocenters. The predicted octanol–water partition coefficient (Wildman–Crippen LogP) is 3.42. The molecule has 2 aromatic rings. The van der Waals surface area contributed by atoms with Crippen LogP contribution in [-0.4, -0.2) is 21.4 Å². The Balaban J connectivity index is 2.17. The highest BCUT2D eigenvalue weighted by atomic mass is 32.2. The number of benzene rings is 1. The van der Waals surface area contributed by atoms with Gasteiger partial charge in [-0.15, -0.1) is 0 Å². The minimum absolute atomic E-state index is 0.0945. The van der Waals surface area contributed by atoms with Crippen molar-refractivity contribution in [1.82, 2.24) is 9.97 Å². The standard InChI is InChI=1S/C14H16N4O2S/c1-3-15-13-5-4-12(18(19)20)6-11(13)9-21-14-16-7-10(2)8-17-14/h4-8,15H,3,9H2,1-2H3. The predicted molar refractivity (Wildman–Crippen MR) is 83.6 cm³/mol. The van der Waals surface area contributed by atoms with Crippen LogP contribution >= 0.6 is 11.8 Å². The lowest BCUT2D eigenvalue weighted by Crippen LogP contribution is -2.01. The number of nitro benzene ring substituents is 1. The number of nitrogens with zero attached hydrogens (tertiary/aromatic N) is 3. The zero-order valence-corrected chi connectivity index (χ0v) is 12.7. The van der Waals surface area contributed by atoms with Crippen LogP contribution in [0.5, 0.6) is 0 Å². The first-order valence-corrected chi connectivity index (χ1v) is 7.51. The van der Waals surface area contributed by atoms with E-state index in [2.05, 4.69) is 15.3 Å². The average molecular weight is 304 g/mol. The summed E-state index contributed by atoms with van der Waals surface area (Å²) in [4.78, 5) is 19.0. The van der Waals surface area contributed by atoms with Gasteiger partial charge in [-0.2, -0.15) is 0 Å². The monoisotopic (exact) mass is 304 g/mol. The molecule has 6 nitrogen and oxygen atoms in total. The molecule has 0 saturated carbocycles. The highest BCUT2D eigenvalue weighted by molar-refractivity contribution is 7.98. The lowest BCUT2D eigenvalue weighted by atomic mass is 10.2. The van der Waals surface area contributed by atoms with E-state index in [0.717, 1.165) is 23.4 Å². The van der Waals surface area contributed by atoms with Gasteiger partial charge in [0.05, 0.1) is 4.92 Å². The molecule has 1 aromatic carbocycles. The van der Waals surface area contributed by atoms with Crippen LogP contribution in [0.2, 0.25) is 0 Å². The fourth-order valence-electron chi connectivity index (χ4n) is 1.77. The molecule has 0 spiro atoms. The van der Waals surface area contributed by atoms with Gasteiger partial charge in [-0.1, -0.05) is 11.8 Å². The summed E-state index contributed by atoms with van der Waals surface area (Å²) in [5, 5.41) is 14.8. The molecule has 2 rings (SSSR count). The van der Waals surface area contributed by atoms with Crippen molar-refractivity contribution in [1.29, 1.82) is 0 Å². The summed E-state index contributed by atoms with van der Waals surface area (Å²) in [5.41, 5.74) is 2.88. The SMILES string of the molecule is CCNc1ccc([N+](=O)[O-])cc1CSc1ncc(C)cn1. The number of aryl methyl sites for hydroxylation is 1. The normalized spacial score (nSPS) is 10.4. The Morgan fingerprint density at radius 3 is 2.67 bits per heavy atom. The number of hydrogen-bond acceptors (Lipinski definition) is 6. The summed E-state index contributed by atoms with van der Waals surface area (Å²) in [6.45, 7) is 4.68. The van der Waals surface area contributed by atoms with E-state index in [1.165, 1.54) is 17.8 Å². The van der Waals surface area contributed by atoms with Crippen molar-refractivity contribution in [2.75, 3.05) is 11.9 Å². The molecule has 0 bridgehead atoms.